The minimum Gasteiger partial charge on any atom is -0.346 e. The molecule has 0 bridgehead atoms. The van der Waals surface area contributed by atoms with Crippen LogP contribution in [-0.2, 0) is 9.84 Å². The molecular formula is C12H21N3O2S2. The van der Waals surface area contributed by atoms with Gasteiger partial charge in [-0.1, -0.05) is 6.92 Å². The Labute approximate surface area is 119 Å². The molecule has 1 atom stereocenters. The fourth-order valence-electron chi connectivity index (χ4n) is 1.99. The molecule has 1 saturated heterocycles. The number of hydrogen-bond donors (Lipinski definition) is 1. The smallest absolute Gasteiger partial charge is 0.185 e. The number of anilines is 1. The summed E-state index contributed by atoms with van der Waals surface area (Å²) in [7, 11) is -2.82. The fraction of sp³-hybridized carbons (Fsp3) is 0.750. The van der Waals surface area contributed by atoms with Gasteiger partial charge >= 0.3 is 0 Å². The lowest BCUT2D eigenvalue weighted by atomic mass is 10.3. The number of nitrogens with one attached hydrogen (secondary N) is 1. The number of thiazole rings is 1. The van der Waals surface area contributed by atoms with Gasteiger partial charge in [0.25, 0.3) is 0 Å². The zero-order chi connectivity index (χ0) is 13.9. The number of rotatable bonds is 5. The van der Waals surface area contributed by atoms with E-state index in [9.17, 15) is 8.42 Å². The van der Waals surface area contributed by atoms with Gasteiger partial charge in [-0.2, -0.15) is 0 Å². The van der Waals surface area contributed by atoms with Gasteiger partial charge in [0.05, 0.1) is 11.5 Å². The third kappa shape index (κ3) is 3.90. The maximum Gasteiger partial charge on any atom is 0.185 e. The Morgan fingerprint density at radius 1 is 1.47 bits per heavy atom. The Morgan fingerprint density at radius 2 is 2.16 bits per heavy atom. The highest BCUT2D eigenvalue weighted by Crippen LogP contribution is 2.28. The fourth-order valence-corrected chi connectivity index (χ4v) is 4.18. The Balaban J connectivity index is 1.97. The molecule has 1 N–H and O–H groups in total. The van der Waals surface area contributed by atoms with Crippen molar-refractivity contribution in [3.05, 3.63) is 11.1 Å². The molecule has 0 saturated carbocycles. The Kier molecular flexibility index (Phi) is 4.81. The highest BCUT2D eigenvalue weighted by atomic mass is 32.2. The van der Waals surface area contributed by atoms with E-state index in [1.165, 1.54) is 4.88 Å². The van der Waals surface area contributed by atoms with Crippen LogP contribution in [0.15, 0.2) is 6.20 Å². The van der Waals surface area contributed by atoms with Gasteiger partial charge in [0, 0.05) is 30.2 Å². The van der Waals surface area contributed by atoms with Crippen LogP contribution in [0.25, 0.3) is 0 Å². The van der Waals surface area contributed by atoms with Crippen molar-refractivity contribution < 1.29 is 8.42 Å². The van der Waals surface area contributed by atoms with E-state index in [-0.39, 0.29) is 11.5 Å². The Bertz CT molecular complexity index is 499. The first-order valence-electron chi connectivity index (χ1n) is 6.66. The van der Waals surface area contributed by atoms with Crippen LogP contribution in [0.5, 0.6) is 0 Å². The van der Waals surface area contributed by atoms with Gasteiger partial charge in [-0.25, -0.2) is 13.4 Å². The monoisotopic (exact) mass is 303 g/mol. The number of aromatic nitrogens is 1. The van der Waals surface area contributed by atoms with Crippen LogP contribution in [0, 0.1) is 0 Å². The van der Waals surface area contributed by atoms with Gasteiger partial charge in [-0.15, -0.1) is 11.3 Å². The van der Waals surface area contributed by atoms with Gasteiger partial charge in [0.15, 0.2) is 15.0 Å². The van der Waals surface area contributed by atoms with Crippen LogP contribution < -0.4 is 10.2 Å². The second kappa shape index (κ2) is 6.19. The molecule has 1 aliphatic rings. The van der Waals surface area contributed by atoms with Crippen molar-refractivity contribution in [1.29, 1.82) is 0 Å². The third-order valence-electron chi connectivity index (χ3n) is 3.25. The molecule has 0 spiro atoms. The summed E-state index contributed by atoms with van der Waals surface area (Å²) in [5.41, 5.74) is 0. The van der Waals surface area contributed by atoms with Crippen LogP contribution in [-0.4, -0.2) is 44.5 Å². The number of hydrogen-bond acceptors (Lipinski definition) is 6. The molecule has 7 heteroatoms. The number of nitrogens with zero attached hydrogens (tertiary/aromatic N) is 2. The van der Waals surface area contributed by atoms with Crippen LogP contribution in [0.4, 0.5) is 5.13 Å². The van der Waals surface area contributed by atoms with E-state index in [1.807, 2.05) is 6.20 Å². The zero-order valence-electron chi connectivity index (χ0n) is 11.4. The van der Waals surface area contributed by atoms with Crippen molar-refractivity contribution in [1.82, 2.24) is 10.3 Å². The zero-order valence-corrected chi connectivity index (χ0v) is 13.1. The highest BCUT2D eigenvalue weighted by Gasteiger charge is 2.23. The molecule has 1 aromatic rings. The minimum absolute atomic E-state index is 0.242. The predicted molar refractivity (Wildman–Crippen MR) is 79.7 cm³/mol. The van der Waals surface area contributed by atoms with Crippen LogP contribution in [0.1, 0.15) is 31.2 Å². The molecule has 1 unspecified atom stereocenters. The predicted octanol–water partition coefficient (Wildman–Crippen LogP) is 1.44. The lowest BCUT2D eigenvalue weighted by Gasteiger charge is -2.26. The van der Waals surface area contributed by atoms with E-state index < -0.39 is 9.84 Å². The van der Waals surface area contributed by atoms with E-state index in [1.54, 1.807) is 11.3 Å². The molecule has 1 aliphatic heterocycles. The van der Waals surface area contributed by atoms with Gasteiger partial charge < -0.3 is 10.2 Å². The molecule has 19 heavy (non-hydrogen) atoms. The summed E-state index contributed by atoms with van der Waals surface area (Å²) in [6, 6.07) is 0.305. The van der Waals surface area contributed by atoms with Gasteiger partial charge in [-0.05, 0) is 19.9 Å². The quantitative estimate of drug-likeness (QED) is 0.892. The largest absolute Gasteiger partial charge is 0.346 e. The Morgan fingerprint density at radius 3 is 2.79 bits per heavy atom. The lowest BCUT2D eigenvalue weighted by Crippen LogP contribution is -2.40. The summed E-state index contributed by atoms with van der Waals surface area (Å²) in [5.74, 6) is 0.483. The standard InChI is InChI=1S/C12H21N3O2S2/c1-3-4-13-10(2)11-9-14-12(18-11)15-5-7-19(16,17)8-6-15/h9-10,13H,3-8H2,1-2H3. The SMILES string of the molecule is CCCNC(C)c1cnc(N2CCS(=O)(=O)CC2)s1. The van der Waals surface area contributed by atoms with Gasteiger partial charge in [-0.3, -0.25) is 0 Å². The minimum atomic E-state index is -2.82. The van der Waals surface area contributed by atoms with E-state index in [0.717, 1.165) is 18.1 Å². The summed E-state index contributed by atoms with van der Waals surface area (Å²) in [5, 5.41) is 4.37. The molecule has 0 amide bonds. The molecule has 1 fully saturated rings. The summed E-state index contributed by atoms with van der Waals surface area (Å²) in [4.78, 5) is 7.70. The van der Waals surface area contributed by atoms with E-state index >= 15 is 0 Å². The van der Waals surface area contributed by atoms with Crippen LogP contribution in [0.2, 0.25) is 0 Å². The molecule has 0 radical (unpaired) electrons. The van der Waals surface area contributed by atoms with E-state index in [0.29, 0.717) is 19.1 Å². The molecular weight excluding hydrogens is 282 g/mol. The van der Waals surface area contributed by atoms with Crippen molar-refractivity contribution in [2.75, 3.05) is 36.0 Å². The van der Waals surface area contributed by atoms with Crippen molar-refractivity contribution in [3.8, 4) is 0 Å². The first kappa shape index (κ1) is 14.7. The molecule has 2 heterocycles. The molecule has 2 rings (SSSR count). The summed E-state index contributed by atoms with van der Waals surface area (Å²) in [6.45, 7) is 6.40. The third-order valence-corrected chi connectivity index (χ3v) is 6.10. The summed E-state index contributed by atoms with van der Waals surface area (Å²) < 4.78 is 22.8. The van der Waals surface area contributed by atoms with Crippen molar-refractivity contribution in [2.45, 2.75) is 26.3 Å². The second-order valence-electron chi connectivity index (χ2n) is 4.86. The average molecular weight is 303 g/mol. The Hall–Kier alpha value is -0.660. The van der Waals surface area contributed by atoms with Crippen molar-refractivity contribution in [2.24, 2.45) is 0 Å². The van der Waals surface area contributed by atoms with Crippen LogP contribution >= 0.6 is 11.3 Å². The normalized spacial score (nSPS) is 20.4. The van der Waals surface area contributed by atoms with Crippen molar-refractivity contribution in [3.63, 3.8) is 0 Å². The average Bonchev–Trinajstić information content (AvgIpc) is 2.85. The van der Waals surface area contributed by atoms with Crippen molar-refractivity contribution >= 4 is 26.3 Å². The lowest BCUT2D eigenvalue weighted by molar-refractivity contribution is 0.577. The molecule has 5 nitrogen and oxygen atoms in total. The second-order valence-corrected chi connectivity index (χ2v) is 8.20. The highest BCUT2D eigenvalue weighted by molar-refractivity contribution is 7.91. The maximum absolute atomic E-state index is 11.4. The van der Waals surface area contributed by atoms with Gasteiger partial charge in [0.2, 0.25) is 0 Å². The summed E-state index contributed by atoms with van der Waals surface area (Å²) in [6.07, 6.45) is 3.01. The summed E-state index contributed by atoms with van der Waals surface area (Å²) >= 11 is 1.66. The van der Waals surface area contributed by atoms with E-state index in [4.69, 9.17) is 0 Å². The molecule has 1 aromatic heterocycles. The first-order valence-corrected chi connectivity index (χ1v) is 9.30. The molecule has 108 valence electrons. The first-order chi connectivity index (χ1) is 9.02. The molecule has 0 aromatic carbocycles. The molecule has 0 aliphatic carbocycles. The topological polar surface area (TPSA) is 62.3 Å². The van der Waals surface area contributed by atoms with Gasteiger partial charge in [0.1, 0.15) is 0 Å². The van der Waals surface area contributed by atoms with Crippen LogP contribution in [0.3, 0.4) is 0 Å². The van der Waals surface area contributed by atoms with E-state index in [2.05, 4.69) is 29.0 Å². The maximum atomic E-state index is 11.4. The number of sulfone groups is 1.